The number of H-pyrrole nitrogens is 1. The zero-order valence-corrected chi connectivity index (χ0v) is 18.5. The summed E-state index contributed by atoms with van der Waals surface area (Å²) in [5.74, 6) is 0.316. The van der Waals surface area contributed by atoms with Gasteiger partial charge in [0.2, 0.25) is 11.7 Å². The van der Waals surface area contributed by atoms with Crippen LogP contribution in [-0.4, -0.2) is 47.2 Å². The number of nitrogens with one attached hydrogen (secondary N) is 2. The smallest absolute Gasteiger partial charge is 0.363 e. The molecule has 2 N–H and O–H groups in total. The van der Waals surface area contributed by atoms with Crippen LogP contribution in [0.25, 0.3) is 6.08 Å². The first-order valence-electron chi connectivity index (χ1n) is 9.19. The number of hydrogen-bond donors (Lipinski definition) is 2. The molecule has 32 heavy (non-hydrogen) atoms. The summed E-state index contributed by atoms with van der Waals surface area (Å²) in [6.07, 6.45) is 2.84. The van der Waals surface area contributed by atoms with Crippen molar-refractivity contribution in [2.45, 2.75) is 0 Å². The van der Waals surface area contributed by atoms with E-state index in [-0.39, 0.29) is 17.4 Å². The number of esters is 1. The molecule has 1 aromatic heterocycles. The van der Waals surface area contributed by atoms with E-state index in [0.29, 0.717) is 32.8 Å². The van der Waals surface area contributed by atoms with Crippen molar-refractivity contribution in [2.24, 2.45) is 4.99 Å². The Bertz CT molecular complexity index is 1240. The Kier molecular flexibility index (Phi) is 5.99. The van der Waals surface area contributed by atoms with Gasteiger partial charge in [-0.05, 0) is 48.0 Å². The van der Waals surface area contributed by atoms with Gasteiger partial charge >= 0.3 is 5.97 Å². The highest BCUT2D eigenvalue weighted by atomic mass is 79.9. The number of cyclic esters (lactones) is 1. The van der Waals surface area contributed by atoms with Crippen LogP contribution in [-0.2, 0) is 9.53 Å². The Morgan fingerprint density at radius 2 is 1.88 bits per heavy atom. The Morgan fingerprint density at radius 3 is 2.53 bits per heavy atom. The Labute approximate surface area is 190 Å². The molecule has 3 aromatic rings. The van der Waals surface area contributed by atoms with Gasteiger partial charge in [0, 0.05) is 15.7 Å². The molecule has 0 aliphatic carbocycles. The van der Waals surface area contributed by atoms with Crippen molar-refractivity contribution in [1.82, 2.24) is 15.2 Å². The summed E-state index contributed by atoms with van der Waals surface area (Å²) >= 11 is 3.45. The van der Waals surface area contributed by atoms with E-state index in [1.54, 1.807) is 42.5 Å². The SMILES string of the molecule is COc1cc(Br)c(/C=C2\N=C(c3ccc(NC(=O)c4ncn[nH]4)cc3)OC2=O)cc1OC. The van der Waals surface area contributed by atoms with Crippen LogP contribution in [0.3, 0.4) is 0 Å². The van der Waals surface area contributed by atoms with Gasteiger partial charge in [0.15, 0.2) is 17.2 Å². The first kappa shape index (κ1) is 21.2. The number of rotatable bonds is 6. The van der Waals surface area contributed by atoms with Crippen molar-refractivity contribution in [3.05, 3.63) is 69.8 Å². The van der Waals surface area contributed by atoms with Crippen molar-refractivity contribution in [1.29, 1.82) is 0 Å². The maximum Gasteiger partial charge on any atom is 0.363 e. The summed E-state index contributed by atoms with van der Waals surface area (Å²) in [4.78, 5) is 32.5. The lowest BCUT2D eigenvalue weighted by Gasteiger charge is -2.09. The molecule has 1 aliphatic rings. The highest BCUT2D eigenvalue weighted by molar-refractivity contribution is 9.10. The minimum absolute atomic E-state index is 0.0966. The van der Waals surface area contributed by atoms with Crippen LogP contribution in [0.2, 0.25) is 0 Å². The van der Waals surface area contributed by atoms with E-state index in [2.05, 4.69) is 41.4 Å². The van der Waals surface area contributed by atoms with Crippen LogP contribution in [0, 0.1) is 0 Å². The quantitative estimate of drug-likeness (QED) is 0.395. The maximum absolute atomic E-state index is 12.3. The van der Waals surface area contributed by atoms with Crippen LogP contribution in [0.1, 0.15) is 21.7 Å². The third-order valence-corrected chi connectivity index (χ3v) is 5.12. The first-order valence-corrected chi connectivity index (χ1v) is 9.99. The Balaban J connectivity index is 1.55. The van der Waals surface area contributed by atoms with E-state index in [1.165, 1.54) is 20.5 Å². The van der Waals surface area contributed by atoms with Crippen molar-refractivity contribution < 1.29 is 23.8 Å². The van der Waals surface area contributed by atoms with Crippen LogP contribution in [0.15, 0.2) is 57.9 Å². The molecule has 0 bridgehead atoms. The largest absolute Gasteiger partial charge is 0.493 e. The second-order valence-corrected chi connectivity index (χ2v) is 7.28. The van der Waals surface area contributed by atoms with Gasteiger partial charge in [0.05, 0.1) is 14.2 Å². The van der Waals surface area contributed by atoms with Gasteiger partial charge in [-0.2, -0.15) is 5.10 Å². The van der Waals surface area contributed by atoms with E-state index < -0.39 is 11.9 Å². The van der Waals surface area contributed by atoms with Crippen LogP contribution >= 0.6 is 15.9 Å². The van der Waals surface area contributed by atoms with Gasteiger partial charge in [-0.3, -0.25) is 9.89 Å². The molecular weight excluding hydrogens is 482 g/mol. The third-order valence-electron chi connectivity index (χ3n) is 4.44. The van der Waals surface area contributed by atoms with E-state index >= 15 is 0 Å². The van der Waals surface area contributed by atoms with Crippen molar-refractivity contribution in [3.63, 3.8) is 0 Å². The number of benzene rings is 2. The minimum atomic E-state index is -0.579. The lowest BCUT2D eigenvalue weighted by molar-refractivity contribution is -0.129. The number of amides is 1. The monoisotopic (exact) mass is 497 g/mol. The van der Waals surface area contributed by atoms with Gasteiger partial charge < -0.3 is 19.5 Å². The van der Waals surface area contributed by atoms with Gasteiger partial charge in [0.25, 0.3) is 5.91 Å². The molecule has 0 unspecified atom stereocenters. The fraction of sp³-hybridized carbons (Fsp3) is 0.0952. The molecule has 0 saturated carbocycles. The van der Waals surface area contributed by atoms with Crippen molar-refractivity contribution in [2.75, 3.05) is 19.5 Å². The lowest BCUT2D eigenvalue weighted by Crippen LogP contribution is -2.14. The van der Waals surface area contributed by atoms with Crippen LogP contribution < -0.4 is 14.8 Å². The number of halogens is 1. The fourth-order valence-corrected chi connectivity index (χ4v) is 3.30. The number of ether oxygens (including phenoxy) is 3. The molecular formula is C21H16BrN5O5. The zero-order chi connectivity index (χ0) is 22.7. The number of nitrogens with zero attached hydrogens (tertiary/aromatic N) is 3. The maximum atomic E-state index is 12.3. The fourth-order valence-electron chi connectivity index (χ4n) is 2.86. The van der Waals surface area contributed by atoms with Gasteiger partial charge in [-0.1, -0.05) is 15.9 Å². The second kappa shape index (κ2) is 9.02. The molecule has 2 aromatic carbocycles. The number of aliphatic imine (C=N–C) groups is 1. The number of anilines is 1. The van der Waals surface area contributed by atoms with Crippen LogP contribution in [0.5, 0.6) is 11.5 Å². The standard InChI is InChI=1S/C21H16BrN5O5/c1-30-16-8-12(14(22)9-17(16)31-2)7-15-21(29)32-20(26-15)11-3-5-13(6-4-11)25-19(28)18-23-10-24-27-18/h3-10H,1-2H3,(H,25,28)(H,23,24,27)/b15-7-. The summed E-state index contributed by atoms with van der Waals surface area (Å²) in [7, 11) is 3.07. The summed E-state index contributed by atoms with van der Waals surface area (Å²) in [6.45, 7) is 0. The predicted molar refractivity (Wildman–Crippen MR) is 119 cm³/mol. The normalized spacial score (nSPS) is 14.2. The zero-order valence-electron chi connectivity index (χ0n) is 16.9. The molecule has 0 atom stereocenters. The Morgan fingerprint density at radius 1 is 1.16 bits per heavy atom. The third kappa shape index (κ3) is 4.37. The number of methoxy groups -OCH3 is 2. The van der Waals surface area contributed by atoms with Gasteiger partial charge in [0.1, 0.15) is 6.33 Å². The molecule has 162 valence electrons. The number of carbonyl (C=O) groups is 2. The average Bonchev–Trinajstić information content (AvgIpc) is 3.46. The minimum Gasteiger partial charge on any atom is -0.493 e. The van der Waals surface area contributed by atoms with Gasteiger partial charge in [-0.15, -0.1) is 0 Å². The molecule has 0 saturated heterocycles. The highest BCUT2D eigenvalue weighted by Crippen LogP contribution is 2.35. The molecule has 2 heterocycles. The molecule has 11 heteroatoms. The van der Waals surface area contributed by atoms with E-state index in [1.807, 2.05) is 0 Å². The van der Waals surface area contributed by atoms with Crippen molar-refractivity contribution >= 4 is 45.5 Å². The summed E-state index contributed by atoms with van der Waals surface area (Å²) in [6, 6.07) is 10.1. The number of aromatic amines is 1. The highest BCUT2D eigenvalue weighted by Gasteiger charge is 2.25. The number of carbonyl (C=O) groups excluding carboxylic acids is 2. The molecule has 1 amide bonds. The van der Waals surface area contributed by atoms with Gasteiger partial charge in [-0.25, -0.2) is 14.8 Å². The average molecular weight is 498 g/mol. The molecule has 0 radical (unpaired) electrons. The molecule has 0 fully saturated rings. The summed E-state index contributed by atoms with van der Waals surface area (Å²) in [5, 5.41) is 8.80. The van der Waals surface area contributed by atoms with E-state index in [0.717, 1.165) is 0 Å². The summed E-state index contributed by atoms with van der Waals surface area (Å²) in [5.41, 5.74) is 1.91. The topological polar surface area (TPSA) is 128 Å². The van der Waals surface area contributed by atoms with Crippen molar-refractivity contribution in [3.8, 4) is 11.5 Å². The predicted octanol–water partition coefficient (Wildman–Crippen LogP) is 3.18. The first-order chi connectivity index (χ1) is 15.5. The van der Waals surface area contributed by atoms with E-state index in [4.69, 9.17) is 14.2 Å². The lowest BCUT2D eigenvalue weighted by atomic mass is 10.1. The second-order valence-electron chi connectivity index (χ2n) is 6.43. The molecule has 1 aliphatic heterocycles. The van der Waals surface area contributed by atoms with Crippen LogP contribution in [0.4, 0.5) is 5.69 Å². The number of aromatic nitrogens is 3. The van der Waals surface area contributed by atoms with E-state index in [9.17, 15) is 9.59 Å². The Hall–Kier alpha value is -3.99. The number of hydrogen-bond acceptors (Lipinski definition) is 8. The summed E-state index contributed by atoms with van der Waals surface area (Å²) < 4.78 is 16.6. The molecule has 4 rings (SSSR count). The molecule has 0 spiro atoms. The molecule has 10 nitrogen and oxygen atoms in total.